The highest BCUT2D eigenvalue weighted by Crippen LogP contribution is 2.41. The fourth-order valence-corrected chi connectivity index (χ4v) is 8.71. The summed E-state index contributed by atoms with van der Waals surface area (Å²) < 4.78 is 41.1. The van der Waals surface area contributed by atoms with E-state index >= 15 is 0 Å². The average molecular weight is 789 g/mol. The van der Waals surface area contributed by atoms with Crippen LogP contribution >= 0.6 is 22.7 Å². The van der Waals surface area contributed by atoms with Crippen LogP contribution in [0.1, 0.15) is 49.0 Å². The normalized spacial score (nSPS) is 14.6. The van der Waals surface area contributed by atoms with Crippen molar-refractivity contribution in [2.45, 2.75) is 60.2 Å². The molecular formula is C45H49BN2O6S2. The number of hydrogen-bond donors (Lipinski definition) is 0. The third-order valence-corrected chi connectivity index (χ3v) is 12.1. The second-order valence-electron chi connectivity index (χ2n) is 14.3. The topological polar surface area (TPSA) is 65.2 Å². The van der Waals surface area contributed by atoms with Gasteiger partial charge in [-0.1, -0.05) is 80.2 Å². The average Bonchev–Trinajstić information content (AvgIpc) is 4.00. The summed E-state index contributed by atoms with van der Waals surface area (Å²) in [7, 11) is -0.497. The van der Waals surface area contributed by atoms with E-state index in [0.29, 0.717) is 13.2 Å². The van der Waals surface area contributed by atoms with Crippen LogP contribution in [0.5, 0.6) is 11.5 Å². The van der Waals surface area contributed by atoms with Gasteiger partial charge in [0.05, 0.1) is 49.4 Å². The van der Waals surface area contributed by atoms with E-state index in [0.717, 1.165) is 38.7 Å². The summed E-state index contributed by atoms with van der Waals surface area (Å²) in [6.45, 7) is 13.9. The van der Waals surface area contributed by atoms with Crippen LogP contribution in [-0.2, 0) is 18.8 Å². The van der Waals surface area contributed by atoms with Crippen LogP contribution in [0.15, 0.2) is 113 Å². The molecule has 8 nitrogen and oxygen atoms in total. The lowest BCUT2D eigenvalue weighted by Crippen LogP contribution is -2.41. The molecule has 11 heteroatoms. The zero-order chi connectivity index (χ0) is 38.2. The molecule has 0 atom stereocenters. The maximum Gasteiger partial charge on any atom is 0.509 e. The van der Waals surface area contributed by atoms with Gasteiger partial charge >= 0.3 is 7.12 Å². The van der Waals surface area contributed by atoms with Crippen molar-refractivity contribution < 1.29 is 28.3 Å². The van der Waals surface area contributed by atoms with Gasteiger partial charge in [0.15, 0.2) is 25.1 Å². The van der Waals surface area contributed by atoms with E-state index in [1.165, 1.54) is 32.6 Å². The highest BCUT2D eigenvalue weighted by atomic mass is 32.1. The van der Waals surface area contributed by atoms with Gasteiger partial charge in [-0.25, -0.2) is 0 Å². The molecule has 0 N–H and O–H groups in total. The van der Waals surface area contributed by atoms with Gasteiger partial charge in [-0.3, -0.25) is 0 Å². The molecule has 8 aromatic rings. The maximum absolute atomic E-state index is 6.36. The van der Waals surface area contributed by atoms with E-state index in [2.05, 4.69) is 145 Å². The van der Waals surface area contributed by atoms with Gasteiger partial charge in [-0.05, 0) is 65.8 Å². The Morgan fingerprint density at radius 1 is 0.571 bits per heavy atom. The van der Waals surface area contributed by atoms with Crippen molar-refractivity contribution in [3.05, 3.63) is 113 Å². The van der Waals surface area contributed by atoms with Gasteiger partial charge in [-0.15, -0.1) is 22.7 Å². The van der Waals surface area contributed by atoms with Crippen molar-refractivity contribution in [2.75, 3.05) is 26.8 Å². The number of thiophene rings is 2. The summed E-state index contributed by atoms with van der Waals surface area (Å²) in [5.41, 5.74) is 5.82. The van der Waals surface area contributed by atoms with Crippen molar-refractivity contribution in [2.24, 2.45) is 0 Å². The van der Waals surface area contributed by atoms with E-state index in [4.69, 9.17) is 28.3 Å². The molecule has 0 radical (unpaired) electrons. The van der Waals surface area contributed by atoms with Crippen LogP contribution < -0.4 is 14.3 Å². The Morgan fingerprint density at radius 2 is 1.00 bits per heavy atom. The summed E-state index contributed by atoms with van der Waals surface area (Å²) in [6.07, 6.45) is 0. The van der Waals surface area contributed by atoms with Gasteiger partial charge in [0.25, 0.3) is 0 Å². The zero-order valence-electron chi connectivity index (χ0n) is 32.0. The summed E-state index contributed by atoms with van der Waals surface area (Å²) >= 11 is 3.24. The molecule has 5 heterocycles. The summed E-state index contributed by atoms with van der Waals surface area (Å²) in [5, 5.41) is 11.2. The Morgan fingerprint density at radius 3 is 1.46 bits per heavy atom. The highest BCUT2D eigenvalue weighted by Gasteiger charge is 2.53. The van der Waals surface area contributed by atoms with Crippen molar-refractivity contribution in [3.63, 3.8) is 0 Å². The molecule has 0 aliphatic carbocycles. The quantitative estimate of drug-likeness (QED) is 0.0739. The molecule has 1 aliphatic heterocycles. The minimum atomic E-state index is -0.497. The van der Waals surface area contributed by atoms with Gasteiger partial charge in [0.1, 0.15) is 0 Å². The lowest BCUT2D eigenvalue weighted by molar-refractivity contribution is 0.00578. The van der Waals surface area contributed by atoms with Gasteiger partial charge < -0.3 is 37.4 Å². The Bertz CT molecular complexity index is 2460. The van der Waals surface area contributed by atoms with Crippen molar-refractivity contribution in [1.82, 2.24) is 9.13 Å². The largest absolute Gasteiger partial charge is 0.509 e. The lowest BCUT2D eigenvalue weighted by atomic mass is 9.87. The monoisotopic (exact) mass is 788 g/mol. The fourth-order valence-electron chi connectivity index (χ4n) is 7.05. The number of hydrogen-bond acceptors (Lipinski definition) is 8. The number of para-hydroxylation sites is 4. The lowest BCUT2D eigenvalue weighted by Gasteiger charge is -2.32. The Kier molecular flexibility index (Phi) is 11.6. The molecule has 1 aliphatic rings. The molecule has 290 valence electrons. The Balaban J connectivity index is 0.000000177. The molecule has 0 bridgehead atoms. The first kappa shape index (κ1) is 39.6. The molecule has 0 amide bonds. The van der Waals surface area contributed by atoms with Gasteiger partial charge in [0, 0.05) is 50.9 Å². The molecule has 4 aromatic heterocycles. The number of fused-ring (bicyclic) bond motifs is 6. The summed E-state index contributed by atoms with van der Waals surface area (Å²) in [6, 6.07) is 33.9. The SMILES string of the molecule is C.CCOCOc1c(-n2c3ccccc3c3ccccc32)csc1B1OC(C)(C)C(C)(C)O1.CCOCOc1cscc1-n1c2ccccc2c2ccccc21. The number of benzene rings is 4. The Hall–Kier alpha value is -4.62. The van der Waals surface area contributed by atoms with Crippen LogP contribution in [0.2, 0.25) is 0 Å². The zero-order valence-corrected chi connectivity index (χ0v) is 33.7. The second kappa shape index (κ2) is 16.5. The van der Waals surface area contributed by atoms with E-state index < -0.39 is 18.3 Å². The first-order chi connectivity index (χ1) is 26.7. The summed E-state index contributed by atoms with van der Waals surface area (Å²) in [5.74, 6) is 1.60. The molecular weight excluding hydrogens is 739 g/mol. The second-order valence-corrected chi connectivity index (χ2v) is 15.9. The van der Waals surface area contributed by atoms with E-state index in [-0.39, 0.29) is 21.0 Å². The number of ether oxygens (including phenoxy) is 4. The standard InChI is InChI=1S/C25H28BNO4S.C19H17NO2S.CH4/c1-6-28-16-29-22-21(15-32-23(22)26-30-24(2,3)25(4,5)31-26)27-19-13-9-7-11-17(19)18-12-8-10-14-20(18)27;1-2-21-13-22-19-12-23-11-18(19)20-16-9-5-3-7-14(16)15-8-4-6-10-17(15)20;/h7-15H,6,16H2,1-5H3;3-12H,2,13H2,1H3;1H4. The predicted molar refractivity (Wildman–Crippen MR) is 234 cm³/mol. The van der Waals surface area contributed by atoms with Crippen molar-refractivity contribution >= 4 is 78.2 Å². The molecule has 0 spiro atoms. The maximum atomic E-state index is 6.36. The van der Waals surface area contributed by atoms with Crippen LogP contribution in [-0.4, -0.2) is 54.3 Å². The molecule has 0 unspecified atom stereocenters. The first-order valence-electron chi connectivity index (χ1n) is 18.7. The number of aromatic nitrogens is 2. The first-order valence-corrected chi connectivity index (χ1v) is 20.5. The molecule has 56 heavy (non-hydrogen) atoms. The van der Waals surface area contributed by atoms with Crippen LogP contribution in [0.25, 0.3) is 55.0 Å². The van der Waals surface area contributed by atoms with Crippen LogP contribution in [0.3, 0.4) is 0 Å². The Labute approximate surface area is 337 Å². The van der Waals surface area contributed by atoms with Crippen LogP contribution in [0, 0.1) is 0 Å². The van der Waals surface area contributed by atoms with Gasteiger partial charge in [-0.2, -0.15) is 0 Å². The molecule has 1 saturated heterocycles. The van der Waals surface area contributed by atoms with E-state index in [1.54, 1.807) is 22.7 Å². The molecule has 0 saturated carbocycles. The highest BCUT2D eigenvalue weighted by molar-refractivity contribution is 7.21. The third kappa shape index (κ3) is 7.12. The minimum Gasteiger partial charge on any atom is -0.465 e. The molecule has 4 aromatic carbocycles. The summed E-state index contributed by atoms with van der Waals surface area (Å²) in [4.78, 5) is 0. The fraction of sp³-hybridized carbons (Fsp3) is 0.289. The van der Waals surface area contributed by atoms with Crippen LogP contribution in [0.4, 0.5) is 0 Å². The molecule has 9 rings (SSSR count). The predicted octanol–water partition coefficient (Wildman–Crippen LogP) is 11.4. The van der Waals surface area contributed by atoms with Gasteiger partial charge in [0.2, 0.25) is 0 Å². The van der Waals surface area contributed by atoms with E-state index in [1.807, 2.05) is 19.2 Å². The van der Waals surface area contributed by atoms with Crippen molar-refractivity contribution in [1.29, 1.82) is 0 Å². The minimum absolute atomic E-state index is 0. The number of rotatable bonds is 11. The number of nitrogens with zero attached hydrogens (tertiary/aromatic N) is 2. The smallest absolute Gasteiger partial charge is 0.465 e. The molecule has 1 fully saturated rings. The van der Waals surface area contributed by atoms with E-state index in [9.17, 15) is 0 Å². The van der Waals surface area contributed by atoms with Crippen molar-refractivity contribution in [3.8, 4) is 22.9 Å². The third-order valence-electron chi connectivity index (χ3n) is 10.5.